The molecule has 2 aromatic heterocycles. The van der Waals surface area contributed by atoms with Crippen LogP contribution in [0.4, 0.5) is 5.82 Å². The van der Waals surface area contributed by atoms with E-state index >= 15 is 0 Å². The molecular weight excluding hydrogens is 360 g/mol. The van der Waals surface area contributed by atoms with Crippen molar-refractivity contribution < 1.29 is 0 Å². The number of aryl methyl sites for hydroxylation is 1. The first-order valence-electron chi connectivity index (χ1n) is 11.6. The second-order valence-corrected chi connectivity index (χ2v) is 9.06. The number of aromatic nitrogens is 3. The Morgan fingerprint density at radius 1 is 0.966 bits per heavy atom. The number of rotatable bonds is 4. The summed E-state index contributed by atoms with van der Waals surface area (Å²) in [6.45, 7) is 6.47. The fourth-order valence-corrected chi connectivity index (χ4v) is 5.65. The van der Waals surface area contributed by atoms with Gasteiger partial charge in [0.1, 0.15) is 23.4 Å². The molecule has 5 rings (SSSR count). The highest BCUT2D eigenvalue weighted by Crippen LogP contribution is 2.34. The summed E-state index contributed by atoms with van der Waals surface area (Å²) in [6, 6.07) is 2.43. The lowest BCUT2D eigenvalue weighted by molar-refractivity contribution is 0.221. The van der Waals surface area contributed by atoms with Crippen LogP contribution in [-0.2, 0) is 13.0 Å². The monoisotopic (exact) mass is 392 g/mol. The van der Waals surface area contributed by atoms with E-state index in [1.165, 1.54) is 57.2 Å². The number of nitriles is 1. The van der Waals surface area contributed by atoms with Crippen LogP contribution in [0.2, 0.25) is 0 Å². The molecule has 2 aliphatic heterocycles. The minimum atomic E-state index is 0.773. The van der Waals surface area contributed by atoms with Gasteiger partial charge in [0.2, 0.25) is 0 Å². The van der Waals surface area contributed by atoms with E-state index in [4.69, 9.17) is 4.98 Å². The molecule has 0 amide bonds. The summed E-state index contributed by atoms with van der Waals surface area (Å²) < 4.78 is 2.34. The molecule has 2 fully saturated rings. The number of nitrogens with zero attached hydrogens (tertiary/aromatic N) is 6. The van der Waals surface area contributed by atoms with Crippen molar-refractivity contribution in [1.82, 2.24) is 19.4 Å². The second-order valence-electron chi connectivity index (χ2n) is 9.06. The van der Waals surface area contributed by atoms with Crippen molar-refractivity contribution in [2.24, 2.45) is 5.92 Å². The lowest BCUT2D eigenvalue weighted by Crippen LogP contribution is -2.47. The van der Waals surface area contributed by atoms with Crippen LogP contribution in [0, 0.1) is 17.2 Å². The summed E-state index contributed by atoms with van der Waals surface area (Å²) in [7, 11) is 0. The standard InChI is InChI=1S/C23H32N6/c24-16-19-20-8-4-5-10-29(20)22-21(19)25-17-26-23(22)28-14-12-27(13-15-28)11-9-18-6-2-1-3-7-18/h17-18H,1-15H2. The Labute approximate surface area is 173 Å². The molecule has 0 N–H and O–H groups in total. The maximum absolute atomic E-state index is 9.74. The van der Waals surface area contributed by atoms with E-state index in [1.54, 1.807) is 6.33 Å². The fourth-order valence-electron chi connectivity index (χ4n) is 5.65. The molecule has 29 heavy (non-hydrogen) atoms. The number of hydrogen-bond donors (Lipinski definition) is 0. The van der Waals surface area contributed by atoms with Gasteiger partial charge in [-0.1, -0.05) is 32.1 Å². The highest BCUT2D eigenvalue weighted by atomic mass is 15.3. The van der Waals surface area contributed by atoms with Gasteiger partial charge in [-0.25, -0.2) is 9.97 Å². The molecule has 3 aliphatic rings. The van der Waals surface area contributed by atoms with Gasteiger partial charge in [-0.15, -0.1) is 0 Å². The third-order valence-electron chi connectivity index (χ3n) is 7.33. The fraction of sp³-hybridized carbons (Fsp3) is 0.696. The molecule has 1 saturated heterocycles. The van der Waals surface area contributed by atoms with Crippen LogP contribution in [0.3, 0.4) is 0 Å². The highest BCUT2D eigenvalue weighted by molar-refractivity contribution is 5.92. The van der Waals surface area contributed by atoms with E-state index < -0.39 is 0 Å². The predicted octanol–water partition coefficient (Wildman–Crippen LogP) is 3.73. The zero-order valence-corrected chi connectivity index (χ0v) is 17.4. The quantitative estimate of drug-likeness (QED) is 0.793. The average Bonchev–Trinajstić information content (AvgIpc) is 3.12. The number of fused-ring (bicyclic) bond motifs is 3. The molecule has 154 valence electrons. The molecule has 2 aromatic rings. The Bertz CT molecular complexity index is 896. The molecular formula is C23H32N6. The van der Waals surface area contributed by atoms with E-state index in [1.807, 2.05) is 0 Å². The van der Waals surface area contributed by atoms with Gasteiger partial charge in [0.05, 0.1) is 5.56 Å². The van der Waals surface area contributed by atoms with Gasteiger partial charge < -0.3 is 9.47 Å². The zero-order valence-electron chi connectivity index (χ0n) is 17.4. The van der Waals surface area contributed by atoms with E-state index in [9.17, 15) is 5.26 Å². The highest BCUT2D eigenvalue weighted by Gasteiger charge is 2.27. The molecule has 4 heterocycles. The Balaban J connectivity index is 1.31. The van der Waals surface area contributed by atoms with Gasteiger partial charge in [-0.2, -0.15) is 5.26 Å². The van der Waals surface area contributed by atoms with E-state index in [0.29, 0.717) is 0 Å². The van der Waals surface area contributed by atoms with Crippen LogP contribution in [0.15, 0.2) is 6.33 Å². The van der Waals surface area contributed by atoms with Gasteiger partial charge in [0.25, 0.3) is 0 Å². The summed E-state index contributed by atoms with van der Waals surface area (Å²) in [5.74, 6) is 1.99. The Kier molecular flexibility index (Phi) is 5.41. The van der Waals surface area contributed by atoms with Gasteiger partial charge in [-0.05, 0) is 38.1 Å². The summed E-state index contributed by atoms with van der Waals surface area (Å²) >= 11 is 0. The lowest BCUT2D eigenvalue weighted by atomic mass is 9.87. The van der Waals surface area contributed by atoms with Crippen molar-refractivity contribution in [3.05, 3.63) is 17.6 Å². The van der Waals surface area contributed by atoms with Crippen molar-refractivity contribution >= 4 is 16.9 Å². The van der Waals surface area contributed by atoms with Crippen LogP contribution in [0.25, 0.3) is 11.0 Å². The van der Waals surface area contributed by atoms with Gasteiger partial charge in [0, 0.05) is 38.4 Å². The lowest BCUT2D eigenvalue weighted by Gasteiger charge is -2.36. The number of anilines is 1. The Morgan fingerprint density at radius 2 is 1.79 bits per heavy atom. The van der Waals surface area contributed by atoms with Crippen molar-refractivity contribution in [2.75, 3.05) is 37.6 Å². The van der Waals surface area contributed by atoms with E-state index in [0.717, 1.165) is 73.9 Å². The maximum atomic E-state index is 9.74. The summed E-state index contributed by atoms with van der Waals surface area (Å²) in [6.07, 6.45) is 13.5. The Morgan fingerprint density at radius 3 is 2.59 bits per heavy atom. The largest absolute Gasteiger partial charge is 0.352 e. The molecule has 0 bridgehead atoms. The molecule has 1 saturated carbocycles. The van der Waals surface area contributed by atoms with E-state index in [-0.39, 0.29) is 0 Å². The third kappa shape index (κ3) is 3.61. The smallest absolute Gasteiger partial charge is 0.156 e. The van der Waals surface area contributed by atoms with Crippen molar-refractivity contribution in [3.8, 4) is 6.07 Å². The molecule has 0 atom stereocenters. The van der Waals surface area contributed by atoms with Crippen LogP contribution in [-0.4, -0.2) is 52.2 Å². The summed E-state index contributed by atoms with van der Waals surface area (Å²) in [5, 5.41) is 9.74. The number of hydrogen-bond acceptors (Lipinski definition) is 5. The zero-order chi connectivity index (χ0) is 19.6. The van der Waals surface area contributed by atoms with Crippen LogP contribution in [0.1, 0.15) is 62.6 Å². The van der Waals surface area contributed by atoms with Crippen molar-refractivity contribution in [3.63, 3.8) is 0 Å². The van der Waals surface area contributed by atoms with Crippen LogP contribution < -0.4 is 4.90 Å². The minimum Gasteiger partial charge on any atom is -0.352 e. The first kappa shape index (κ1) is 18.9. The molecule has 0 spiro atoms. The SMILES string of the molecule is N#Cc1c2n(c3c(N4CCN(CCC5CCCCC5)CC4)ncnc13)CCCC2. The van der Waals surface area contributed by atoms with Gasteiger partial charge in [0.15, 0.2) is 5.82 Å². The summed E-state index contributed by atoms with van der Waals surface area (Å²) in [5.41, 5.74) is 3.89. The average molecular weight is 393 g/mol. The molecule has 6 heteroatoms. The summed E-state index contributed by atoms with van der Waals surface area (Å²) in [4.78, 5) is 14.3. The molecule has 6 nitrogen and oxygen atoms in total. The topological polar surface area (TPSA) is 61.0 Å². The third-order valence-corrected chi connectivity index (χ3v) is 7.33. The number of piperazine rings is 1. The van der Waals surface area contributed by atoms with Gasteiger partial charge in [-0.3, -0.25) is 4.90 Å². The van der Waals surface area contributed by atoms with Crippen LogP contribution >= 0.6 is 0 Å². The molecule has 0 radical (unpaired) electrons. The minimum absolute atomic E-state index is 0.773. The molecule has 1 aliphatic carbocycles. The van der Waals surface area contributed by atoms with Gasteiger partial charge >= 0.3 is 0 Å². The first-order chi connectivity index (χ1) is 14.3. The molecule has 0 aromatic carbocycles. The van der Waals surface area contributed by atoms with Crippen molar-refractivity contribution in [2.45, 2.75) is 64.3 Å². The maximum Gasteiger partial charge on any atom is 0.156 e. The van der Waals surface area contributed by atoms with E-state index in [2.05, 4.69) is 25.4 Å². The van der Waals surface area contributed by atoms with Crippen molar-refractivity contribution in [1.29, 1.82) is 5.26 Å². The normalized spacial score (nSPS) is 21.3. The second kappa shape index (κ2) is 8.31. The first-order valence-corrected chi connectivity index (χ1v) is 11.6. The predicted molar refractivity (Wildman–Crippen MR) is 115 cm³/mol. The van der Waals surface area contributed by atoms with Crippen LogP contribution in [0.5, 0.6) is 0 Å². The Hall–Kier alpha value is -2.13. The molecule has 0 unspecified atom stereocenters.